The lowest BCUT2D eigenvalue weighted by atomic mass is 9.96. The van der Waals surface area contributed by atoms with Gasteiger partial charge in [0, 0.05) is 30.7 Å². The number of carbonyl (C=O) groups is 1. The maximum absolute atomic E-state index is 12.0. The van der Waals surface area contributed by atoms with E-state index in [4.69, 9.17) is 0 Å². The largest absolute Gasteiger partial charge is 0.396 e. The standard InChI is InChI=1S/C18H21N3O4/c22-11-10-15(14-6-2-1-3-7-14)12-19-18(23)20-13-16-8-4-5-9-17(16)21(24)25/h1-9,15,22H,10-13H2,(H2,19,20,23). The van der Waals surface area contributed by atoms with Gasteiger partial charge in [-0.3, -0.25) is 10.1 Å². The summed E-state index contributed by atoms with van der Waals surface area (Å²) in [7, 11) is 0. The number of aliphatic hydroxyl groups is 1. The summed E-state index contributed by atoms with van der Waals surface area (Å²) in [6.45, 7) is 0.464. The van der Waals surface area contributed by atoms with E-state index in [9.17, 15) is 20.0 Å². The predicted octanol–water partition coefficient (Wildman–Crippen LogP) is 2.56. The van der Waals surface area contributed by atoms with Crippen LogP contribution >= 0.6 is 0 Å². The summed E-state index contributed by atoms with van der Waals surface area (Å²) in [6.07, 6.45) is 0.536. The molecule has 25 heavy (non-hydrogen) atoms. The topological polar surface area (TPSA) is 104 Å². The summed E-state index contributed by atoms with van der Waals surface area (Å²) >= 11 is 0. The Kier molecular flexibility index (Phi) is 6.91. The van der Waals surface area contributed by atoms with Crippen molar-refractivity contribution < 1.29 is 14.8 Å². The van der Waals surface area contributed by atoms with Crippen LogP contribution in [0.4, 0.5) is 10.5 Å². The highest BCUT2D eigenvalue weighted by molar-refractivity contribution is 5.74. The number of nitro groups is 1. The van der Waals surface area contributed by atoms with Crippen molar-refractivity contribution in [1.82, 2.24) is 10.6 Å². The monoisotopic (exact) mass is 343 g/mol. The molecule has 7 heteroatoms. The summed E-state index contributed by atoms with van der Waals surface area (Å²) in [5.41, 5.74) is 1.46. The molecule has 0 heterocycles. The van der Waals surface area contributed by atoms with Crippen molar-refractivity contribution in [2.24, 2.45) is 0 Å². The summed E-state index contributed by atoms with van der Waals surface area (Å²) in [5.74, 6) is 0.00279. The van der Waals surface area contributed by atoms with Gasteiger partial charge in [0.05, 0.1) is 11.5 Å². The molecule has 0 aliphatic carbocycles. The van der Waals surface area contributed by atoms with Crippen LogP contribution < -0.4 is 10.6 Å². The first kappa shape index (κ1) is 18.4. The van der Waals surface area contributed by atoms with Crippen molar-refractivity contribution in [2.45, 2.75) is 18.9 Å². The molecule has 0 spiro atoms. The van der Waals surface area contributed by atoms with Crippen molar-refractivity contribution >= 4 is 11.7 Å². The second-order valence-corrected chi connectivity index (χ2v) is 5.57. The maximum Gasteiger partial charge on any atom is 0.315 e. The third-order valence-electron chi connectivity index (χ3n) is 3.89. The molecule has 2 aromatic rings. The molecule has 7 nitrogen and oxygen atoms in total. The Labute approximate surface area is 145 Å². The Balaban J connectivity index is 1.88. The number of nitrogens with one attached hydrogen (secondary N) is 2. The van der Waals surface area contributed by atoms with E-state index in [0.29, 0.717) is 18.5 Å². The molecule has 0 saturated heterocycles. The SMILES string of the molecule is O=C(NCc1ccccc1[N+](=O)[O-])NCC(CCO)c1ccccc1. The van der Waals surface area contributed by atoms with Crippen molar-refractivity contribution in [2.75, 3.05) is 13.2 Å². The van der Waals surface area contributed by atoms with E-state index in [1.807, 2.05) is 30.3 Å². The molecule has 0 aliphatic heterocycles. The van der Waals surface area contributed by atoms with Gasteiger partial charge >= 0.3 is 6.03 Å². The quantitative estimate of drug-likeness (QED) is 0.506. The van der Waals surface area contributed by atoms with Crippen LogP contribution in [0.5, 0.6) is 0 Å². The van der Waals surface area contributed by atoms with Gasteiger partial charge in [-0.15, -0.1) is 0 Å². The van der Waals surface area contributed by atoms with E-state index < -0.39 is 11.0 Å². The van der Waals surface area contributed by atoms with Crippen LogP contribution in [0, 0.1) is 10.1 Å². The van der Waals surface area contributed by atoms with Crippen LogP contribution in [0.25, 0.3) is 0 Å². The summed E-state index contributed by atoms with van der Waals surface area (Å²) in [6, 6.07) is 15.5. The fourth-order valence-electron chi connectivity index (χ4n) is 2.56. The first-order valence-corrected chi connectivity index (χ1v) is 8.01. The molecule has 0 aromatic heterocycles. The fourth-order valence-corrected chi connectivity index (χ4v) is 2.56. The molecular weight excluding hydrogens is 322 g/mol. The van der Waals surface area contributed by atoms with Gasteiger partial charge in [-0.05, 0) is 12.0 Å². The van der Waals surface area contributed by atoms with Gasteiger partial charge in [0.1, 0.15) is 0 Å². The van der Waals surface area contributed by atoms with Gasteiger partial charge in [-0.2, -0.15) is 0 Å². The number of benzene rings is 2. The number of carbonyl (C=O) groups excluding carboxylic acids is 1. The number of rotatable bonds is 8. The normalized spacial score (nSPS) is 11.6. The van der Waals surface area contributed by atoms with Crippen LogP contribution in [-0.4, -0.2) is 29.2 Å². The molecule has 3 N–H and O–H groups in total. The lowest BCUT2D eigenvalue weighted by Crippen LogP contribution is -2.37. The average molecular weight is 343 g/mol. The lowest BCUT2D eigenvalue weighted by Gasteiger charge is -2.17. The minimum absolute atomic E-state index is 0.00279. The zero-order chi connectivity index (χ0) is 18.1. The number of aliphatic hydroxyl groups excluding tert-OH is 1. The molecule has 2 rings (SSSR count). The number of hydrogen-bond donors (Lipinski definition) is 3. The number of nitro benzene ring substituents is 1. The number of para-hydroxylation sites is 1. The Morgan fingerprint density at radius 1 is 1.08 bits per heavy atom. The molecule has 0 aliphatic rings. The average Bonchev–Trinajstić information content (AvgIpc) is 2.64. The zero-order valence-corrected chi connectivity index (χ0v) is 13.7. The Morgan fingerprint density at radius 3 is 2.44 bits per heavy atom. The lowest BCUT2D eigenvalue weighted by molar-refractivity contribution is -0.385. The minimum Gasteiger partial charge on any atom is -0.396 e. The third-order valence-corrected chi connectivity index (χ3v) is 3.89. The second-order valence-electron chi connectivity index (χ2n) is 5.57. The van der Waals surface area contributed by atoms with Crippen molar-refractivity contribution in [3.8, 4) is 0 Å². The fraction of sp³-hybridized carbons (Fsp3) is 0.278. The summed E-state index contributed by atoms with van der Waals surface area (Å²) in [4.78, 5) is 22.5. The van der Waals surface area contributed by atoms with Crippen LogP contribution in [0.1, 0.15) is 23.5 Å². The van der Waals surface area contributed by atoms with Crippen LogP contribution in [-0.2, 0) is 6.54 Å². The molecule has 1 atom stereocenters. The molecule has 0 fully saturated rings. The Bertz CT molecular complexity index is 706. The highest BCUT2D eigenvalue weighted by Crippen LogP contribution is 2.18. The molecule has 0 radical (unpaired) electrons. The first-order chi connectivity index (χ1) is 12.1. The maximum atomic E-state index is 12.0. The van der Waals surface area contributed by atoms with E-state index in [-0.39, 0.29) is 24.8 Å². The third kappa shape index (κ3) is 5.58. The number of hydrogen-bond acceptors (Lipinski definition) is 4. The summed E-state index contributed by atoms with van der Waals surface area (Å²) in [5, 5.41) is 25.5. The van der Waals surface area contributed by atoms with Gasteiger partial charge in [-0.25, -0.2) is 4.79 Å². The molecule has 1 unspecified atom stereocenters. The number of urea groups is 1. The predicted molar refractivity (Wildman–Crippen MR) is 94.2 cm³/mol. The number of nitrogens with zero attached hydrogens (tertiary/aromatic N) is 1. The highest BCUT2D eigenvalue weighted by atomic mass is 16.6. The van der Waals surface area contributed by atoms with E-state index >= 15 is 0 Å². The molecule has 2 aromatic carbocycles. The van der Waals surface area contributed by atoms with E-state index in [0.717, 1.165) is 5.56 Å². The van der Waals surface area contributed by atoms with E-state index in [2.05, 4.69) is 10.6 Å². The second kappa shape index (κ2) is 9.39. The van der Waals surface area contributed by atoms with Crippen molar-refractivity contribution in [3.05, 3.63) is 75.8 Å². The molecule has 0 saturated carbocycles. The van der Waals surface area contributed by atoms with Gasteiger partial charge in [0.15, 0.2) is 0 Å². The smallest absolute Gasteiger partial charge is 0.315 e. The van der Waals surface area contributed by atoms with Crippen LogP contribution in [0.15, 0.2) is 54.6 Å². The van der Waals surface area contributed by atoms with Gasteiger partial charge in [0.2, 0.25) is 0 Å². The van der Waals surface area contributed by atoms with Crippen LogP contribution in [0.3, 0.4) is 0 Å². The highest BCUT2D eigenvalue weighted by Gasteiger charge is 2.14. The van der Waals surface area contributed by atoms with Gasteiger partial charge in [0.25, 0.3) is 5.69 Å². The Morgan fingerprint density at radius 2 is 1.76 bits per heavy atom. The van der Waals surface area contributed by atoms with Crippen LogP contribution in [0.2, 0.25) is 0 Å². The van der Waals surface area contributed by atoms with E-state index in [1.54, 1.807) is 18.2 Å². The van der Waals surface area contributed by atoms with Gasteiger partial charge < -0.3 is 15.7 Å². The minimum atomic E-state index is -0.471. The molecule has 2 amide bonds. The zero-order valence-electron chi connectivity index (χ0n) is 13.7. The van der Waals surface area contributed by atoms with Crippen molar-refractivity contribution in [3.63, 3.8) is 0 Å². The first-order valence-electron chi connectivity index (χ1n) is 8.01. The molecular formula is C18H21N3O4. The number of amides is 2. The molecule has 132 valence electrons. The Hall–Kier alpha value is -2.93. The summed E-state index contributed by atoms with van der Waals surface area (Å²) < 4.78 is 0. The van der Waals surface area contributed by atoms with Gasteiger partial charge in [-0.1, -0.05) is 48.5 Å². The van der Waals surface area contributed by atoms with E-state index in [1.165, 1.54) is 6.07 Å². The molecule has 0 bridgehead atoms. The van der Waals surface area contributed by atoms with Crippen molar-refractivity contribution in [1.29, 1.82) is 0 Å².